The molecule has 4 heteroatoms. The molecular weight excluding hydrogens is 202 g/mol. The van der Waals surface area contributed by atoms with Crippen molar-refractivity contribution in [3.63, 3.8) is 0 Å². The quantitative estimate of drug-likeness (QED) is 0.804. The summed E-state index contributed by atoms with van der Waals surface area (Å²) >= 11 is 0. The first-order valence-electron chi connectivity index (χ1n) is 5.39. The van der Waals surface area contributed by atoms with Crippen LogP contribution < -0.4 is 11.1 Å². The Kier molecular flexibility index (Phi) is 4.01. The zero-order chi connectivity index (χ0) is 12.2. The van der Waals surface area contributed by atoms with Crippen molar-refractivity contribution in [1.29, 1.82) is 0 Å². The maximum absolute atomic E-state index is 11.9. The number of nitrogens with zero attached hydrogens (tertiary/aromatic N) is 1. The van der Waals surface area contributed by atoms with E-state index in [1.165, 1.54) is 0 Å². The Balaban J connectivity index is 2.66. The van der Waals surface area contributed by atoms with Crippen LogP contribution >= 0.6 is 0 Å². The maximum atomic E-state index is 11.9. The number of nitrogens with two attached hydrogens (primary N) is 1. The number of hydrogen-bond donors (Lipinski definition) is 2. The van der Waals surface area contributed by atoms with Gasteiger partial charge in [-0.05, 0) is 32.9 Å². The fourth-order valence-electron chi connectivity index (χ4n) is 1.19. The number of amides is 1. The van der Waals surface area contributed by atoms with Crippen LogP contribution in [-0.4, -0.2) is 17.4 Å². The molecule has 0 fully saturated rings. The van der Waals surface area contributed by atoms with E-state index >= 15 is 0 Å². The van der Waals surface area contributed by atoms with Gasteiger partial charge in [0.25, 0.3) is 0 Å². The summed E-state index contributed by atoms with van der Waals surface area (Å²) in [5.41, 5.74) is 5.86. The second-order valence-corrected chi connectivity index (χ2v) is 4.54. The average molecular weight is 221 g/mol. The number of aromatic nitrogens is 1. The number of nitrogens with one attached hydrogen (secondary N) is 1. The summed E-state index contributed by atoms with van der Waals surface area (Å²) in [7, 11) is 0. The smallest absolute Gasteiger partial charge is 0.227 e. The molecule has 88 valence electrons. The zero-order valence-corrected chi connectivity index (χ0v) is 10.0. The van der Waals surface area contributed by atoms with Crippen LogP contribution in [0.15, 0.2) is 24.4 Å². The largest absolute Gasteiger partial charge is 0.348 e. The van der Waals surface area contributed by atoms with Gasteiger partial charge >= 0.3 is 0 Å². The first-order valence-corrected chi connectivity index (χ1v) is 5.39. The van der Waals surface area contributed by atoms with Crippen molar-refractivity contribution in [3.05, 3.63) is 30.1 Å². The van der Waals surface area contributed by atoms with Gasteiger partial charge in [0, 0.05) is 12.7 Å². The summed E-state index contributed by atoms with van der Waals surface area (Å²) < 4.78 is 0. The van der Waals surface area contributed by atoms with Crippen molar-refractivity contribution < 1.29 is 4.79 Å². The van der Waals surface area contributed by atoms with Gasteiger partial charge < -0.3 is 11.1 Å². The minimum absolute atomic E-state index is 0.0480. The number of carbonyl (C=O) groups is 1. The molecule has 0 spiro atoms. The normalized spacial score (nSPS) is 13.2. The van der Waals surface area contributed by atoms with Gasteiger partial charge in [0.05, 0.1) is 17.2 Å². The van der Waals surface area contributed by atoms with Crippen LogP contribution in [0, 0.1) is 5.41 Å². The minimum atomic E-state index is -0.539. The molecule has 4 nitrogen and oxygen atoms in total. The molecule has 0 bridgehead atoms. The van der Waals surface area contributed by atoms with Crippen molar-refractivity contribution >= 4 is 5.91 Å². The van der Waals surface area contributed by atoms with Crippen LogP contribution in [0.5, 0.6) is 0 Å². The van der Waals surface area contributed by atoms with Crippen molar-refractivity contribution in [2.75, 3.05) is 6.54 Å². The number of rotatable bonds is 4. The van der Waals surface area contributed by atoms with Crippen molar-refractivity contribution in [2.45, 2.75) is 26.8 Å². The molecular formula is C12H19N3O. The summed E-state index contributed by atoms with van der Waals surface area (Å²) in [4.78, 5) is 16.1. The Morgan fingerprint density at radius 3 is 2.75 bits per heavy atom. The van der Waals surface area contributed by atoms with E-state index in [9.17, 15) is 4.79 Å². The molecule has 0 unspecified atom stereocenters. The van der Waals surface area contributed by atoms with Crippen molar-refractivity contribution in [3.8, 4) is 0 Å². The number of hydrogen-bond acceptors (Lipinski definition) is 3. The lowest BCUT2D eigenvalue weighted by Gasteiger charge is -2.24. The zero-order valence-electron chi connectivity index (χ0n) is 10.0. The van der Waals surface area contributed by atoms with Crippen LogP contribution in [0.2, 0.25) is 0 Å². The van der Waals surface area contributed by atoms with Crippen LogP contribution in [0.25, 0.3) is 0 Å². The van der Waals surface area contributed by atoms with Crippen LogP contribution in [-0.2, 0) is 4.79 Å². The summed E-state index contributed by atoms with van der Waals surface area (Å²) in [6.45, 7) is 5.89. The highest BCUT2D eigenvalue weighted by molar-refractivity contribution is 5.82. The van der Waals surface area contributed by atoms with Gasteiger partial charge in [0.2, 0.25) is 5.91 Å². The standard InChI is InChI=1S/C12H19N3O/c1-9(10-6-4-5-7-14-10)15-11(16)12(2,3)8-13/h4-7,9H,8,13H2,1-3H3,(H,15,16)/t9-/m1/s1. The van der Waals surface area contributed by atoms with Gasteiger partial charge in [0.1, 0.15) is 0 Å². The third-order valence-electron chi connectivity index (χ3n) is 2.60. The fraction of sp³-hybridized carbons (Fsp3) is 0.500. The summed E-state index contributed by atoms with van der Waals surface area (Å²) in [6.07, 6.45) is 1.71. The Morgan fingerprint density at radius 2 is 2.25 bits per heavy atom. The van der Waals surface area contributed by atoms with Crippen LogP contribution in [0.4, 0.5) is 0 Å². The van der Waals surface area contributed by atoms with E-state index in [0.717, 1.165) is 5.69 Å². The first-order chi connectivity index (χ1) is 7.47. The second-order valence-electron chi connectivity index (χ2n) is 4.54. The van der Waals surface area contributed by atoms with Gasteiger partial charge in [-0.1, -0.05) is 6.07 Å². The molecule has 1 aromatic heterocycles. The highest BCUT2D eigenvalue weighted by Crippen LogP contribution is 2.16. The van der Waals surface area contributed by atoms with Gasteiger partial charge in [0.15, 0.2) is 0 Å². The van der Waals surface area contributed by atoms with E-state index in [0.29, 0.717) is 6.54 Å². The molecule has 1 rings (SSSR count). The first kappa shape index (κ1) is 12.6. The van der Waals surface area contributed by atoms with E-state index in [-0.39, 0.29) is 11.9 Å². The molecule has 1 aromatic rings. The lowest BCUT2D eigenvalue weighted by Crippen LogP contribution is -2.42. The molecule has 16 heavy (non-hydrogen) atoms. The Labute approximate surface area is 96.3 Å². The molecule has 0 aliphatic carbocycles. The van der Waals surface area contributed by atoms with Gasteiger partial charge in [-0.3, -0.25) is 9.78 Å². The van der Waals surface area contributed by atoms with Gasteiger partial charge in [-0.2, -0.15) is 0 Å². The summed E-state index contributed by atoms with van der Waals surface area (Å²) in [6, 6.07) is 5.54. The van der Waals surface area contributed by atoms with E-state index in [1.807, 2.05) is 39.0 Å². The topological polar surface area (TPSA) is 68.0 Å². The predicted octanol–water partition coefficient (Wildman–Crippen LogP) is 1.24. The molecule has 1 amide bonds. The SMILES string of the molecule is C[C@@H](NC(=O)C(C)(C)CN)c1ccccn1. The number of carbonyl (C=O) groups excluding carboxylic acids is 1. The highest BCUT2D eigenvalue weighted by atomic mass is 16.2. The molecule has 0 aromatic carbocycles. The minimum Gasteiger partial charge on any atom is -0.348 e. The monoisotopic (exact) mass is 221 g/mol. The van der Waals surface area contributed by atoms with E-state index in [1.54, 1.807) is 6.20 Å². The molecule has 0 aliphatic heterocycles. The third kappa shape index (κ3) is 3.03. The Bertz CT molecular complexity index is 349. The highest BCUT2D eigenvalue weighted by Gasteiger charge is 2.27. The van der Waals surface area contributed by atoms with Gasteiger partial charge in [-0.25, -0.2) is 0 Å². The van der Waals surface area contributed by atoms with Crippen LogP contribution in [0.3, 0.4) is 0 Å². The molecule has 0 radical (unpaired) electrons. The molecule has 0 aliphatic rings. The lowest BCUT2D eigenvalue weighted by atomic mass is 9.92. The average Bonchev–Trinajstić information content (AvgIpc) is 2.30. The number of pyridine rings is 1. The van der Waals surface area contributed by atoms with E-state index in [2.05, 4.69) is 10.3 Å². The van der Waals surface area contributed by atoms with Crippen LogP contribution in [0.1, 0.15) is 32.5 Å². The van der Waals surface area contributed by atoms with Crippen molar-refractivity contribution in [2.24, 2.45) is 11.1 Å². The molecule has 1 heterocycles. The van der Waals surface area contributed by atoms with E-state index < -0.39 is 5.41 Å². The molecule has 3 N–H and O–H groups in total. The fourth-order valence-corrected chi connectivity index (χ4v) is 1.19. The van der Waals surface area contributed by atoms with Crippen molar-refractivity contribution in [1.82, 2.24) is 10.3 Å². The molecule has 0 saturated heterocycles. The Morgan fingerprint density at radius 1 is 1.56 bits per heavy atom. The Hall–Kier alpha value is -1.42. The van der Waals surface area contributed by atoms with E-state index in [4.69, 9.17) is 5.73 Å². The second kappa shape index (κ2) is 5.07. The predicted molar refractivity (Wildman–Crippen MR) is 63.6 cm³/mol. The summed E-state index contributed by atoms with van der Waals surface area (Å²) in [5.74, 6) is -0.0480. The van der Waals surface area contributed by atoms with Gasteiger partial charge in [-0.15, -0.1) is 0 Å². The maximum Gasteiger partial charge on any atom is 0.227 e. The molecule has 0 saturated carbocycles. The lowest BCUT2D eigenvalue weighted by molar-refractivity contribution is -0.129. The molecule has 1 atom stereocenters. The summed E-state index contributed by atoms with van der Waals surface area (Å²) in [5, 5.41) is 2.91. The third-order valence-corrected chi connectivity index (χ3v) is 2.60.